The van der Waals surface area contributed by atoms with Gasteiger partial charge in [-0.1, -0.05) is 0 Å². The molecule has 52 valence electrons. The number of rotatable bonds is 0. The molecule has 0 bridgehead atoms. The van der Waals surface area contributed by atoms with Gasteiger partial charge < -0.3 is 5.21 Å². The molecule has 1 saturated heterocycles. The Morgan fingerprint density at radius 3 is 2.44 bits per heavy atom. The third-order valence-electron chi connectivity index (χ3n) is 1.31. The molecular weight excluding hydrogens is 120 g/mol. The summed E-state index contributed by atoms with van der Waals surface area (Å²) < 4.78 is 0. The van der Waals surface area contributed by atoms with Gasteiger partial charge in [-0.25, -0.2) is 4.79 Å². The highest BCUT2D eigenvalue weighted by atomic mass is 16.5. The topological polar surface area (TPSA) is 56.6 Å². The largest absolute Gasteiger partial charge is 0.625 e. The van der Waals surface area contributed by atoms with Crippen molar-refractivity contribution >= 4 is 6.03 Å². The number of nitrogens with one attached hydrogen (secondary N) is 2. The first kappa shape index (κ1) is 6.51. The Labute approximate surface area is 53.4 Å². The molecule has 4 heteroatoms. The van der Waals surface area contributed by atoms with Crippen LogP contribution in [0.25, 0.3) is 0 Å². The second-order valence-corrected chi connectivity index (χ2v) is 2.94. The van der Waals surface area contributed by atoms with Gasteiger partial charge in [-0.2, -0.15) is 0 Å². The van der Waals surface area contributed by atoms with E-state index in [2.05, 4.69) is 5.32 Å². The minimum Gasteiger partial charge on any atom is -0.625 e. The summed E-state index contributed by atoms with van der Waals surface area (Å²) in [5.74, 6) is 0. The first-order valence-electron chi connectivity index (χ1n) is 2.87. The van der Waals surface area contributed by atoms with Crippen LogP contribution < -0.4 is 10.4 Å². The number of amides is 2. The fraction of sp³-hybridized carbons (Fsp3) is 0.800. The van der Waals surface area contributed by atoms with E-state index in [4.69, 9.17) is 0 Å². The van der Waals surface area contributed by atoms with Crippen molar-refractivity contribution in [3.63, 3.8) is 0 Å². The van der Waals surface area contributed by atoms with Gasteiger partial charge in [0.2, 0.25) is 0 Å². The van der Waals surface area contributed by atoms with Crippen LogP contribution in [-0.2, 0) is 0 Å². The molecule has 0 aliphatic carbocycles. The molecule has 1 unspecified atom stereocenters. The number of carbonyl (C=O) groups is 1. The fourth-order valence-corrected chi connectivity index (χ4v) is 0.903. The fourth-order valence-electron chi connectivity index (χ4n) is 0.903. The Hall–Kier alpha value is -0.610. The van der Waals surface area contributed by atoms with Gasteiger partial charge in [0.1, 0.15) is 6.54 Å². The highest BCUT2D eigenvalue weighted by Crippen LogP contribution is 2.00. The Bertz CT molecular complexity index is 144. The van der Waals surface area contributed by atoms with Crippen molar-refractivity contribution in [2.75, 3.05) is 6.54 Å². The molecule has 0 aromatic carbocycles. The summed E-state index contributed by atoms with van der Waals surface area (Å²) in [6.45, 7) is 3.98. The molecule has 2 N–H and O–H groups in total. The van der Waals surface area contributed by atoms with Gasteiger partial charge in [0.15, 0.2) is 0 Å². The SMILES string of the molecule is CC1(C)C[NH+]([O-])C(=O)N1. The third kappa shape index (κ3) is 1.20. The molecule has 1 atom stereocenters. The lowest BCUT2D eigenvalue weighted by atomic mass is 10.1. The van der Waals surface area contributed by atoms with Crippen LogP contribution in [0.1, 0.15) is 13.8 Å². The van der Waals surface area contributed by atoms with Crippen molar-refractivity contribution in [1.82, 2.24) is 5.32 Å². The van der Waals surface area contributed by atoms with Crippen LogP contribution >= 0.6 is 0 Å². The van der Waals surface area contributed by atoms with Gasteiger partial charge in [-0.3, -0.25) is 10.4 Å². The van der Waals surface area contributed by atoms with Crippen LogP contribution in [0, 0.1) is 5.21 Å². The van der Waals surface area contributed by atoms with Crippen LogP contribution in [0.3, 0.4) is 0 Å². The Balaban J connectivity index is 2.65. The van der Waals surface area contributed by atoms with Crippen molar-refractivity contribution in [2.24, 2.45) is 0 Å². The number of carbonyl (C=O) groups excluding carboxylic acids is 1. The molecule has 0 spiro atoms. The maximum Gasteiger partial charge on any atom is 0.415 e. The molecule has 0 saturated carbocycles. The minimum absolute atomic E-state index is 0.306. The standard InChI is InChI=1S/C5H10N2O2/c1-5(2)3-7(9)4(8)6-5/h7H,3H2,1-2H3,(H,6,8). The number of quaternary nitrogens is 1. The molecule has 1 heterocycles. The molecule has 1 fully saturated rings. The summed E-state index contributed by atoms with van der Waals surface area (Å²) >= 11 is 0. The Kier molecular flexibility index (Phi) is 1.22. The van der Waals surface area contributed by atoms with Gasteiger partial charge in [0, 0.05) is 0 Å². The van der Waals surface area contributed by atoms with Crippen LogP contribution in [0.4, 0.5) is 4.79 Å². The third-order valence-corrected chi connectivity index (χ3v) is 1.31. The van der Waals surface area contributed by atoms with Gasteiger partial charge in [0.25, 0.3) is 0 Å². The first-order chi connectivity index (χ1) is 4.01. The van der Waals surface area contributed by atoms with E-state index in [0.717, 1.165) is 0 Å². The van der Waals surface area contributed by atoms with Crippen molar-refractivity contribution in [2.45, 2.75) is 19.4 Å². The van der Waals surface area contributed by atoms with Gasteiger partial charge >= 0.3 is 6.03 Å². The van der Waals surface area contributed by atoms with Crippen LogP contribution in [0.5, 0.6) is 0 Å². The quantitative estimate of drug-likeness (QED) is 0.408. The van der Waals surface area contributed by atoms with Crippen molar-refractivity contribution in [1.29, 1.82) is 0 Å². The second-order valence-electron chi connectivity index (χ2n) is 2.94. The van der Waals surface area contributed by atoms with E-state index in [-0.39, 0.29) is 10.6 Å². The predicted octanol–water partition coefficient (Wildman–Crippen LogP) is -1.13. The monoisotopic (exact) mass is 130 g/mol. The molecule has 0 aromatic heterocycles. The van der Waals surface area contributed by atoms with E-state index in [9.17, 15) is 10.0 Å². The van der Waals surface area contributed by atoms with E-state index in [0.29, 0.717) is 6.54 Å². The second kappa shape index (κ2) is 1.68. The van der Waals surface area contributed by atoms with Crippen molar-refractivity contribution in [3.05, 3.63) is 5.21 Å². The number of urea groups is 1. The summed E-state index contributed by atoms with van der Waals surface area (Å²) in [6, 6.07) is -0.444. The summed E-state index contributed by atoms with van der Waals surface area (Å²) in [5, 5.41) is 12.8. The van der Waals surface area contributed by atoms with E-state index in [1.807, 2.05) is 13.8 Å². The van der Waals surface area contributed by atoms with Crippen LogP contribution in [0.2, 0.25) is 0 Å². The summed E-state index contributed by atoms with van der Waals surface area (Å²) in [6.07, 6.45) is 0. The van der Waals surface area contributed by atoms with E-state index < -0.39 is 6.03 Å². The predicted molar refractivity (Wildman–Crippen MR) is 31.8 cm³/mol. The van der Waals surface area contributed by atoms with Gasteiger partial charge in [-0.05, 0) is 13.8 Å². The number of hydroxylamine groups is 2. The first-order valence-corrected chi connectivity index (χ1v) is 2.87. The molecule has 9 heavy (non-hydrogen) atoms. The average molecular weight is 130 g/mol. The van der Waals surface area contributed by atoms with Crippen molar-refractivity contribution in [3.8, 4) is 0 Å². The molecular formula is C5H10N2O2. The zero-order chi connectivity index (χ0) is 7.07. The Morgan fingerprint density at radius 1 is 1.78 bits per heavy atom. The van der Waals surface area contributed by atoms with E-state index in [1.54, 1.807) is 0 Å². The summed E-state index contributed by atoms with van der Waals surface area (Å²) in [4.78, 5) is 10.5. The highest BCUT2D eigenvalue weighted by molar-refractivity contribution is 5.67. The summed E-state index contributed by atoms with van der Waals surface area (Å²) in [7, 11) is 0. The molecule has 0 radical (unpaired) electrons. The average Bonchev–Trinajstić information content (AvgIpc) is 1.79. The molecule has 4 nitrogen and oxygen atoms in total. The molecule has 1 rings (SSSR count). The smallest absolute Gasteiger partial charge is 0.415 e. The minimum atomic E-state index is -0.444. The normalized spacial score (nSPS) is 32.3. The van der Waals surface area contributed by atoms with E-state index in [1.165, 1.54) is 0 Å². The zero-order valence-electron chi connectivity index (χ0n) is 5.52. The highest BCUT2D eigenvalue weighted by Gasteiger charge is 2.35. The zero-order valence-corrected chi connectivity index (χ0v) is 5.52. The number of hydrogen-bond acceptors (Lipinski definition) is 2. The van der Waals surface area contributed by atoms with Crippen molar-refractivity contribution < 1.29 is 9.86 Å². The lowest BCUT2D eigenvalue weighted by Crippen LogP contribution is -3.08. The Morgan fingerprint density at radius 2 is 2.33 bits per heavy atom. The van der Waals surface area contributed by atoms with Gasteiger partial charge in [-0.15, -0.1) is 0 Å². The molecule has 2 amide bonds. The molecule has 1 aliphatic heterocycles. The number of hydrogen-bond donors (Lipinski definition) is 2. The van der Waals surface area contributed by atoms with E-state index >= 15 is 0 Å². The maximum atomic E-state index is 10.6. The lowest BCUT2D eigenvalue weighted by Gasteiger charge is -2.13. The lowest BCUT2D eigenvalue weighted by molar-refractivity contribution is -0.750. The maximum absolute atomic E-state index is 10.6. The molecule has 1 aliphatic rings. The van der Waals surface area contributed by atoms with Crippen LogP contribution in [0.15, 0.2) is 0 Å². The summed E-state index contributed by atoms with van der Waals surface area (Å²) in [5.41, 5.74) is -0.311. The molecule has 0 aromatic rings. The van der Waals surface area contributed by atoms with Crippen LogP contribution in [-0.4, -0.2) is 18.1 Å². The van der Waals surface area contributed by atoms with Gasteiger partial charge in [0.05, 0.1) is 5.54 Å².